The van der Waals surface area contributed by atoms with Crippen molar-refractivity contribution in [2.75, 3.05) is 26.3 Å². The Morgan fingerprint density at radius 2 is 1.91 bits per heavy atom. The molecule has 5 rings (SSSR count). The summed E-state index contributed by atoms with van der Waals surface area (Å²) in [5.74, 6) is -3.76. The summed E-state index contributed by atoms with van der Waals surface area (Å²) >= 11 is 0. The minimum absolute atomic E-state index is 0.0912. The summed E-state index contributed by atoms with van der Waals surface area (Å²) < 4.78 is 78.2. The molecule has 3 amide bonds. The number of fused-ring (bicyclic) bond motifs is 1. The van der Waals surface area contributed by atoms with Gasteiger partial charge in [-0.2, -0.15) is 0 Å². The maximum Gasteiger partial charge on any atom is 0.255 e. The van der Waals surface area contributed by atoms with Gasteiger partial charge in [0, 0.05) is 51.0 Å². The first-order valence-corrected chi connectivity index (χ1v) is 10.9. The molecule has 0 bridgehead atoms. The molecule has 1 atom stereocenters. The van der Waals surface area contributed by atoms with Crippen molar-refractivity contribution in [2.24, 2.45) is 0 Å². The van der Waals surface area contributed by atoms with Crippen molar-refractivity contribution in [3.8, 4) is 5.75 Å². The minimum atomic E-state index is -2.92. The summed E-state index contributed by atoms with van der Waals surface area (Å²) in [7, 11) is 0. The molecular weight excluding hydrogens is 441 g/mol. The Balaban J connectivity index is 1.49. The molecule has 8 nitrogen and oxygen atoms in total. The molecule has 2 aromatic carbocycles. The van der Waals surface area contributed by atoms with Crippen LogP contribution in [0.4, 0.5) is 4.39 Å². The Labute approximate surface area is 205 Å². The molecule has 0 radical (unpaired) electrons. The van der Waals surface area contributed by atoms with Gasteiger partial charge in [-0.1, -0.05) is 24.3 Å². The van der Waals surface area contributed by atoms with Gasteiger partial charge in [0.1, 0.15) is 24.2 Å². The van der Waals surface area contributed by atoms with Gasteiger partial charge in [-0.05, 0) is 18.6 Å². The number of benzene rings is 2. The number of hydrogen-bond acceptors (Lipinski definition) is 6. The monoisotopic (exact) mass is 473 g/mol. The van der Waals surface area contributed by atoms with Crippen molar-refractivity contribution < 1.29 is 36.5 Å². The van der Waals surface area contributed by atoms with Crippen molar-refractivity contribution in [3.63, 3.8) is 0 Å². The van der Waals surface area contributed by atoms with Crippen LogP contribution in [-0.2, 0) is 33.9 Å². The Kier molecular flexibility index (Phi) is 4.58. The second-order valence-electron chi connectivity index (χ2n) is 8.02. The van der Waals surface area contributed by atoms with Gasteiger partial charge >= 0.3 is 0 Å². The molecule has 0 spiro atoms. The number of imide groups is 1. The van der Waals surface area contributed by atoms with Crippen molar-refractivity contribution in [1.29, 1.82) is 0 Å². The predicted molar refractivity (Wildman–Crippen MR) is 119 cm³/mol. The SMILES string of the molecule is [2H]C([2H])(Oc1cccc2c1C([2H])([2H])N(C1CCC(=O)NC1=O)C2=O)c1cccc(C([2H])([2H])N2CCOCC2)c1F. The zero-order valence-corrected chi connectivity index (χ0v) is 18.1. The summed E-state index contributed by atoms with van der Waals surface area (Å²) in [4.78, 5) is 39.4. The zero-order valence-electron chi connectivity index (χ0n) is 24.1. The van der Waals surface area contributed by atoms with Crippen LogP contribution in [0, 0.1) is 5.82 Å². The summed E-state index contributed by atoms with van der Waals surface area (Å²) in [6.45, 7) is -6.87. The van der Waals surface area contributed by atoms with Crippen LogP contribution in [0.25, 0.3) is 0 Å². The molecule has 2 aromatic rings. The number of nitrogens with zero attached hydrogens (tertiary/aromatic N) is 2. The molecule has 178 valence electrons. The maximum absolute atomic E-state index is 15.8. The van der Waals surface area contributed by atoms with E-state index >= 15 is 4.39 Å². The third-order valence-corrected chi connectivity index (χ3v) is 5.79. The number of morpholine rings is 1. The highest BCUT2D eigenvalue weighted by atomic mass is 19.1. The number of halogens is 1. The van der Waals surface area contributed by atoms with E-state index in [0.717, 1.165) is 6.07 Å². The molecule has 3 aliphatic heterocycles. The highest BCUT2D eigenvalue weighted by Crippen LogP contribution is 2.34. The number of piperidine rings is 1. The smallest absolute Gasteiger partial charge is 0.255 e. The fourth-order valence-corrected chi connectivity index (χ4v) is 4.01. The summed E-state index contributed by atoms with van der Waals surface area (Å²) in [5, 5.41) is 2.10. The van der Waals surface area contributed by atoms with E-state index in [-0.39, 0.29) is 50.3 Å². The maximum atomic E-state index is 15.8. The van der Waals surface area contributed by atoms with E-state index in [1.165, 1.54) is 35.2 Å². The van der Waals surface area contributed by atoms with Crippen molar-refractivity contribution in [2.45, 2.75) is 38.4 Å². The van der Waals surface area contributed by atoms with Crippen LogP contribution in [0.15, 0.2) is 36.4 Å². The van der Waals surface area contributed by atoms with Crippen molar-refractivity contribution in [3.05, 3.63) is 64.5 Å². The number of hydrogen-bond donors (Lipinski definition) is 1. The van der Waals surface area contributed by atoms with Crippen molar-refractivity contribution in [1.82, 2.24) is 15.1 Å². The summed E-state index contributed by atoms with van der Waals surface area (Å²) in [6, 6.07) is 6.22. The molecule has 0 saturated carbocycles. The summed E-state index contributed by atoms with van der Waals surface area (Å²) in [6.07, 6.45) is -0.184. The third kappa shape index (κ3) is 4.41. The molecule has 2 saturated heterocycles. The second-order valence-corrected chi connectivity index (χ2v) is 8.02. The van der Waals surface area contributed by atoms with E-state index in [4.69, 9.17) is 17.7 Å². The van der Waals surface area contributed by atoms with E-state index in [2.05, 4.69) is 5.32 Å². The van der Waals surface area contributed by atoms with Crippen molar-refractivity contribution >= 4 is 17.7 Å². The van der Waals surface area contributed by atoms with Gasteiger partial charge in [-0.15, -0.1) is 0 Å². The van der Waals surface area contributed by atoms with Crippen LogP contribution in [-0.4, -0.2) is 59.9 Å². The molecule has 0 aromatic heterocycles. The largest absolute Gasteiger partial charge is 0.488 e. The Bertz CT molecular complexity index is 1380. The number of ether oxygens (including phenoxy) is 2. The number of amides is 3. The van der Waals surface area contributed by atoms with E-state index in [1.807, 2.05) is 0 Å². The van der Waals surface area contributed by atoms with Crippen LogP contribution < -0.4 is 10.1 Å². The Morgan fingerprint density at radius 1 is 1.15 bits per heavy atom. The Hall–Kier alpha value is -3.30. The lowest BCUT2D eigenvalue weighted by Crippen LogP contribution is -2.52. The quantitative estimate of drug-likeness (QED) is 0.646. The first-order chi connectivity index (χ1) is 18.8. The highest BCUT2D eigenvalue weighted by Gasteiger charge is 2.40. The molecule has 0 aliphatic carbocycles. The molecule has 9 heteroatoms. The average molecular weight is 474 g/mol. The van der Waals surface area contributed by atoms with E-state index in [0.29, 0.717) is 4.90 Å². The molecule has 3 aliphatic rings. The van der Waals surface area contributed by atoms with Gasteiger partial charge in [0.05, 0.1) is 25.2 Å². The number of carbonyl (C=O) groups excluding carboxylic acids is 3. The predicted octanol–water partition coefficient (Wildman–Crippen LogP) is 2.00. The molecule has 2 fully saturated rings. The number of carbonyl (C=O) groups is 3. The van der Waals surface area contributed by atoms with Crippen LogP contribution in [0.1, 0.15) is 48.1 Å². The molecule has 1 N–H and O–H groups in total. The molecule has 1 unspecified atom stereocenters. The highest BCUT2D eigenvalue weighted by molar-refractivity contribution is 6.05. The van der Waals surface area contributed by atoms with Crippen LogP contribution in [0.3, 0.4) is 0 Å². The van der Waals surface area contributed by atoms with E-state index < -0.39 is 66.0 Å². The van der Waals surface area contributed by atoms with Crippen LogP contribution >= 0.6 is 0 Å². The average Bonchev–Trinajstić information content (AvgIpc) is 3.10. The first kappa shape index (κ1) is 16.3. The fraction of sp³-hybridized carbons (Fsp3) is 0.400. The number of nitrogens with one attached hydrogen (secondary N) is 1. The molecule has 3 heterocycles. The second kappa shape index (κ2) is 9.52. The van der Waals surface area contributed by atoms with Gasteiger partial charge in [0.2, 0.25) is 11.8 Å². The van der Waals surface area contributed by atoms with Crippen LogP contribution in [0.5, 0.6) is 5.75 Å². The van der Waals surface area contributed by atoms with Gasteiger partial charge in [0.15, 0.2) is 0 Å². The molecule has 34 heavy (non-hydrogen) atoms. The molecular formula is C25H26FN3O5. The van der Waals surface area contributed by atoms with Gasteiger partial charge < -0.3 is 14.4 Å². The minimum Gasteiger partial charge on any atom is -0.488 e. The van der Waals surface area contributed by atoms with Crippen LogP contribution in [0.2, 0.25) is 0 Å². The van der Waals surface area contributed by atoms with Gasteiger partial charge in [0.25, 0.3) is 5.91 Å². The lowest BCUT2D eigenvalue weighted by molar-refractivity contribution is -0.136. The van der Waals surface area contributed by atoms with E-state index in [1.54, 1.807) is 0 Å². The normalized spacial score (nSPS) is 25.9. The fourth-order valence-electron chi connectivity index (χ4n) is 4.01. The standard InChI is InChI=1S/C25H26FN3O5/c26-23-16(13-28-9-11-33-12-10-28)3-1-4-17(23)15-34-21-6-2-5-18-19(21)14-29(25(18)32)20-7-8-22(30)27-24(20)31/h1-6,20H,7-15H2,(H,27,30,31)/i13D2,14D2,15D2. The summed E-state index contributed by atoms with van der Waals surface area (Å²) in [5.41, 5.74) is -1.52. The number of rotatable bonds is 6. The Morgan fingerprint density at radius 3 is 2.71 bits per heavy atom. The third-order valence-electron chi connectivity index (χ3n) is 5.79. The van der Waals surface area contributed by atoms with Gasteiger partial charge in [-0.25, -0.2) is 4.39 Å². The lowest BCUT2D eigenvalue weighted by atomic mass is 10.0. The lowest BCUT2D eigenvalue weighted by Gasteiger charge is -2.29. The topological polar surface area (TPSA) is 88.2 Å². The van der Waals surface area contributed by atoms with Gasteiger partial charge in [-0.3, -0.25) is 24.6 Å². The zero-order chi connectivity index (χ0) is 29.0. The first-order valence-electron chi connectivity index (χ1n) is 13.9. The van der Waals surface area contributed by atoms with E-state index in [9.17, 15) is 14.4 Å².